The Morgan fingerprint density at radius 2 is 1.71 bits per heavy atom. The summed E-state index contributed by atoms with van der Waals surface area (Å²) in [5, 5.41) is 1.14. The van der Waals surface area contributed by atoms with Crippen LogP contribution in [0.4, 0.5) is 0 Å². The molecule has 0 spiro atoms. The van der Waals surface area contributed by atoms with Crippen molar-refractivity contribution in [1.82, 2.24) is 5.06 Å². The fourth-order valence-electron chi connectivity index (χ4n) is 2.21. The van der Waals surface area contributed by atoms with Crippen LogP contribution in [-0.4, -0.2) is 28.6 Å². The van der Waals surface area contributed by atoms with E-state index in [-0.39, 0.29) is 17.5 Å². The number of nitrogens with zero attached hydrogens (tertiary/aromatic N) is 1. The average Bonchev–Trinajstić information content (AvgIpc) is 2.80. The number of fused-ring (bicyclic) bond motifs is 1. The molecule has 1 heterocycles. The van der Waals surface area contributed by atoms with Crippen LogP contribution in [0.2, 0.25) is 5.02 Å². The maximum Gasteiger partial charge on any atom is 0.334 e. The molecule has 24 heavy (non-hydrogen) atoms. The summed E-state index contributed by atoms with van der Waals surface area (Å²) in [7, 11) is 0. The lowest BCUT2D eigenvalue weighted by Crippen LogP contribution is -2.32. The van der Waals surface area contributed by atoms with Crippen molar-refractivity contribution in [3.63, 3.8) is 0 Å². The third-order valence-corrected chi connectivity index (χ3v) is 4.55. The van der Waals surface area contributed by atoms with Gasteiger partial charge in [0.05, 0.1) is 17.5 Å². The van der Waals surface area contributed by atoms with Crippen LogP contribution in [0.5, 0.6) is 0 Å². The molecule has 0 aliphatic carbocycles. The minimum atomic E-state index is -0.640. The highest BCUT2D eigenvalue weighted by molar-refractivity contribution is 7.99. The average molecular weight is 362 g/mol. The number of halogens is 1. The lowest BCUT2D eigenvalue weighted by atomic mass is 10.1. The Kier molecular flexibility index (Phi) is 4.87. The van der Waals surface area contributed by atoms with E-state index in [0.29, 0.717) is 15.8 Å². The number of thioether (sulfide) groups is 1. The zero-order valence-electron chi connectivity index (χ0n) is 12.4. The molecule has 122 valence electrons. The number of carbonyl (C=O) groups excluding carboxylic acids is 3. The summed E-state index contributed by atoms with van der Waals surface area (Å²) < 4.78 is 0. The second-order valence-electron chi connectivity index (χ2n) is 4.97. The van der Waals surface area contributed by atoms with Crippen LogP contribution in [0.25, 0.3) is 0 Å². The van der Waals surface area contributed by atoms with Gasteiger partial charge in [-0.25, -0.2) is 4.79 Å². The monoisotopic (exact) mass is 361 g/mol. The van der Waals surface area contributed by atoms with Crippen LogP contribution >= 0.6 is 23.4 Å². The second-order valence-corrected chi connectivity index (χ2v) is 6.57. The molecular weight excluding hydrogens is 350 g/mol. The third kappa shape index (κ3) is 3.44. The molecule has 2 aromatic rings. The van der Waals surface area contributed by atoms with Crippen molar-refractivity contribution in [2.45, 2.75) is 11.3 Å². The molecule has 5 nitrogen and oxygen atoms in total. The normalized spacial score (nSPS) is 13.1. The van der Waals surface area contributed by atoms with Gasteiger partial charge in [-0.15, -0.1) is 11.8 Å². The van der Waals surface area contributed by atoms with Crippen LogP contribution in [0, 0.1) is 0 Å². The Balaban J connectivity index is 1.54. The number of hydroxylamine groups is 2. The number of imide groups is 1. The summed E-state index contributed by atoms with van der Waals surface area (Å²) in [6.07, 6.45) is 0.0601. The van der Waals surface area contributed by atoms with Crippen LogP contribution in [0.3, 0.4) is 0 Å². The smallest absolute Gasteiger partial charge is 0.330 e. The molecule has 3 rings (SSSR count). The van der Waals surface area contributed by atoms with Crippen molar-refractivity contribution in [1.29, 1.82) is 0 Å². The van der Waals surface area contributed by atoms with Crippen molar-refractivity contribution in [3.8, 4) is 0 Å². The molecule has 0 saturated heterocycles. The molecule has 0 atom stereocenters. The summed E-state index contributed by atoms with van der Waals surface area (Å²) >= 11 is 7.33. The molecule has 0 N–H and O–H groups in total. The van der Waals surface area contributed by atoms with Gasteiger partial charge in [-0.3, -0.25) is 9.59 Å². The second kappa shape index (κ2) is 7.07. The van der Waals surface area contributed by atoms with E-state index >= 15 is 0 Å². The zero-order chi connectivity index (χ0) is 17.1. The first-order valence-electron chi connectivity index (χ1n) is 7.13. The predicted molar refractivity (Wildman–Crippen MR) is 89.8 cm³/mol. The van der Waals surface area contributed by atoms with Gasteiger partial charge in [-0.2, -0.15) is 0 Å². The van der Waals surface area contributed by atoms with Gasteiger partial charge in [0.15, 0.2) is 0 Å². The quantitative estimate of drug-likeness (QED) is 0.601. The highest BCUT2D eigenvalue weighted by Gasteiger charge is 2.38. The maximum atomic E-state index is 12.1. The van der Waals surface area contributed by atoms with Crippen molar-refractivity contribution in [3.05, 3.63) is 64.7 Å². The fourth-order valence-corrected chi connectivity index (χ4v) is 3.35. The first-order chi connectivity index (χ1) is 11.6. The van der Waals surface area contributed by atoms with Crippen LogP contribution in [-0.2, 0) is 9.63 Å². The molecule has 0 bridgehead atoms. The molecule has 0 unspecified atom stereocenters. The first-order valence-corrected chi connectivity index (χ1v) is 8.49. The standard InChI is InChI=1S/C17H12ClNO4S/c18-11-4-3-5-12(10-11)24-9-8-15(20)23-19-16(21)13-6-1-2-7-14(13)17(19)22/h1-7,10H,8-9H2. The van der Waals surface area contributed by atoms with Crippen molar-refractivity contribution >= 4 is 41.1 Å². The van der Waals surface area contributed by atoms with Crippen LogP contribution in [0.15, 0.2) is 53.4 Å². The van der Waals surface area contributed by atoms with E-state index in [1.807, 2.05) is 12.1 Å². The van der Waals surface area contributed by atoms with E-state index in [4.69, 9.17) is 16.4 Å². The Bertz CT molecular complexity index is 789. The van der Waals surface area contributed by atoms with Gasteiger partial charge < -0.3 is 4.84 Å². The number of rotatable bonds is 5. The Hall–Kier alpha value is -2.31. The fraction of sp³-hybridized carbons (Fsp3) is 0.118. The number of carbonyl (C=O) groups is 3. The van der Waals surface area contributed by atoms with Gasteiger partial charge >= 0.3 is 5.97 Å². The number of benzene rings is 2. The van der Waals surface area contributed by atoms with E-state index in [2.05, 4.69) is 0 Å². The predicted octanol–water partition coefficient (Wildman–Crippen LogP) is 3.58. The Morgan fingerprint density at radius 3 is 2.33 bits per heavy atom. The van der Waals surface area contributed by atoms with Gasteiger partial charge in [-0.1, -0.05) is 34.9 Å². The third-order valence-electron chi connectivity index (χ3n) is 3.32. The molecule has 0 fully saturated rings. The topological polar surface area (TPSA) is 63.7 Å². The number of amides is 2. The van der Waals surface area contributed by atoms with Gasteiger partial charge in [0.25, 0.3) is 11.8 Å². The molecule has 1 aliphatic heterocycles. The first kappa shape index (κ1) is 16.5. The molecule has 0 radical (unpaired) electrons. The summed E-state index contributed by atoms with van der Waals surface area (Å²) in [4.78, 5) is 41.9. The van der Waals surface area contributed by atoms with Crippen LogP contribution < -0.4 is 0 Å². The minimum absolute atomic E-state index is 0.0601. The van der Waals surface area contributed by atoms with E-state index in [0.717, 1.165) is 4.90 Å². The van der Waals surface area contributed by atoms with Gasteiger partial charge in [0.2, 0.25) is 0 Å². The molecule has 1 aliphatic rings. The lowest BCUT2D eigenvalue weighted by molar-refractivity contribution is -0.167. The van der Waals surface area contributed by atoms with E-state index in [9.17, 15) is 14.4 Å². The highest BCUT2D eigenvalue weighted by atomic mass is 35.5. The maximum absolute atomic E-state index is 12.1. The summed E-state index contributed by atoms with van der Waals surface area (Å²) in [5.74, 6) is -1.43. The molecule has 0 saturated carbocycles. The SMILES string of the molecule is O=C(CCSc1cccc(Cl)c1)ON1C(=O)c2ccccc2C1=O. The van der Waals surface area contributed by atoms with E-state index in [1.165, 1.54) is 23.9 Å². The highest BCUT2D eigenvalue weighted by Crippen LogP contribution is 2.24. The molecule has 2 amide bonds. The van der Waals surface area contributed by atoms with Crippen molar-refractivity contribution in [2.75, 3.05) is 5.75 Å². The molecule has 0 aromatic heterocycles. The number of hydrogen-bond donors (Lipinski definition) is 0. The van der Waals surface area contributed by atoms with E-state index < -0.39 is 17.8 Å². The van der Waals surface area contributed by atoms with Gasteiger partial charge in [0, 0.05) is 15.7 Å². The molecular formula is C17H12ClNO4S. The van der Waals surface area contributed by atoms with Crippen molar-refractivity contribution < 1.29 is 19.2 Å². The Morgan fingerprint density at radius 1 is 1.04 bits per heavy atom. The molecule has 7 heteroatoms. The zero-order valence-corrected chi connectivity index (χ0v) is 14.0. The van der Waals surface area contributed by atoms with Crippen molar-refractivity contribution in [2.24, 2.45) is 0 Å². The largest absolute Gasteiger partial charge is 0.334 e. The summed E-state index contributed by atoms with van der Waals surface area (Å²) in [6.45, 7) is 0. The molecule has 2 aromatic carbocycles. The lowest BCUT2D eigenvalue weighted by Gasteiger charge is -2.12. The Labute approximate surface area is 147 Å². The van der Waals surface area contributed by atoms with E-state index in [1.54, 1.807) is 24.3 Å². The van der Waals surface area contributed by atoms with Gasteiger partial charge in [0.1, 0.15) is 0 Å². The summed E-state index contributed by atoms with van der Waals surface area (Å²) in [6, 6.07) is 13.6. The van der Waals surface area contributed by atoms with Crippen LogP contribution in [0.1, 0.15) is 27.1 Å². The minimum Gasteiger partial charge on any atom is -0.330 e. The summed E-state index contributed by atoms with van der Waals surface area (Å²) in [5.41, 5.74) is 0.479. The number of hydrogen-bond acceptors (Lipinski definition) is 5. The van der Waals surface area contributed by atoms with Gasteiger partial charge in [-0.05, 0) is 30.3 Å².